The van der Waals surface area contributed by atoms with Gasteiger partial charge in [-0.15, -0.1) is 0 Å². The first-order valence-corrected chi connectivity index (χ1v) is 10.8. The van der Waals surface area contributed by atoms with Crippen LogP contribution in [0.5, 0.6) is 5.75 Å². The molecule has 0 aromatic heterocycles. The molecule has 0 saturated carbocycles. The summed E-state index contributed by atoms with van der Waals surface area (Å²) in [5.41, 5.74) is 6.07. The summed E-state index contributed by atoms with van der Waals surface area (Å²) in [5, 5.41) is 9.67. The number of hydrogen-bond donors (Lipinski definition) is 1. The molecule has 1 unspecified atom stereocenters. The van der Waals surface area contributed by atoms with Crippen LogP contribution in [0.4, 0.5) is 0 Å². The minimum Gasteiger partial charge on any atom is -0.492 e. The maximum Gasteiger partial charge on any atom is 0.235 e. The van der Waals surface area contributed by atoms with Crippen molar-refractivity contribution < 1.29 is 9.53 Å². The van der Waals surface area contributed by atoms with Gasteiger partial charge < -0.3 is 15.4 Å². The molecule has 0 radical (unpaired) electrons. The van der Waals surface area contributed by atoms with E-state index >= 15 is 0 Å². The predicted octanol–water partition coefficient (Wildman–Crippen LogP) is 2.78. The van der Waals surface area contributed by atoms with Crippen molar-refractivity contribution in [1.29, 1.82) is 5.26 Å². The van der Waals surface area contributed by atoms with E-state index in [4.69, 9.17) is 10.5 Å². The van der Waals surface area contributed by atoms with Crippen LogP contribution >= 0.6 is 0 Å². The Balaban J connectivity index is 2.07. The summed E-state index contributed by atoms with van der Waals surface area (Å²) < 4.78 is 5.95. The summed E-state index contributed by atoms with van der Waals surface area (Å²) in [6, 6.07) is 10.1. The molecule has 0 spiro atoms. The highest BCUT2D eigenvalue weighted by Crippen LogP contribution is 2.41. The van der Waals surface area contributed by atoms with Gasteiger partial charge in [-0.05, 0) is 37.6 Å². The Labute approximate surface area is 175 Å². The van der Waals surface area contributed by atoms with Crippen molar-refractivity contribution in [3.8, 4) is 11.8 Å². The summed E-state index contributed by atoms with van der Waals surface area (Å²) >= 11 is 0. The van der Waals surface area contributed by atoms with Crippen LogP contribution in [-0.2, 0) is 10.2 Å². The third-order valence-corrected chi connectivity index (χ3v) is 6.06. The van der Waals surface area contributed by atoms with E-state index in [1.807, 2.05) is 24.3 Å². The Morgan fingerprint density at radius 1 is 1.17 bits per heavy atom. The van der Waals surface area contributed by atoms with Crippen molar-refractivity contribution in [3.05, 3.63) is 29.8 Å². The zero-order valence-corrected chi connectivity index (χ0v) is 18.2. The van der Waals surface area contributed by atoms with E-state index in [-0.39, 0.29) is 0 Å². The van der Waals surface area contributed by atoms with Crippen LogP contribution in [0.3, 0.4) is 0 Å². The molecule has 1 saturated heterocycles. The summed E-state index contributed by atoms with van der Waals surface area (Å²) in [6.45, 7) is 10.1. The zero-order valence-electron chi connectivity index (χ0n) is 18.2. The molecule has 0 aliphatic carbocycles. The molecular formula is C23H36N4O2. The van der Waals surface area contributed by atoms with Gasteiger partial charge in [0.25, 0.3) is 0 Å². The maximum atomic E-state index is 12.0. The van der Waals surface area contributed by atoms with Crippen LogP contribution < -0.4 is 10.5 Å². The molecule has 6 heteroatoms. The fourth-order valence-corrected chi connectivity index (χ4v) is 4.47. The number of carbonyl (C=O) groups is 1. The highest BCUT2D eigenvalue weighted by Gasteiger charge is 2.42. The van der Waals surface area contributed by atoms with Crippen molar-refractivity contribution >= 4 is 5.91 Å². The minimum absolute atomic E-state index is 0.539. The summed E-state index contributed by atoms with van der Waals surface area (Å²) in [4.78, 5) is 16.8. The van der Waals surface area contributed by atoms with Crippen LogP contribution in [0.25, 0.3) is 0 Å². The number of piperazine rings is 1. The fourth-order valence-electron chi connectivity index (χ4n) is 4.47. The number of hydrogen-bond acceptors (Lipinski definition) is 5. The number of nitriles is 1. The van der Waals surface area contributed by atoms with Crippen molar-refractivity contribution in [3.63, 3.8) is 0 Å². The standard InChI is InChI=1S/C23H36N4O2/c1-4-10-23(11-5-2,21(18-24)22(25)28)19-6-8-20(9-7-19)29-17-16-27-14-12-26(3)13-15-27/h6-9,21H,4-5,10-17H2,1-3H3,(H2,25,28). The number of rotatable bonds is 11. The molecule has 1 atom stereocenters. The molecule has 1 aromatic carbocycles. The van der Waals surface area contributed by atoms with Gasteiger partial charge in [0.05, 0.1) is 6.07 Å². The molecule has 2 N–H and O–H groups in total. The van der Waals surface area contributed by atoms with E-state index in [0.29, 0.717) is 6.61 Å². The molecular weight excluding hydrogens is 364 g/mol. The second kappa shape index (κ2) is 11.2. The van der Waals surface area contributed by atoms with Crippen molar-refractivity contribution in [2.75, 3.05) is 46.4 Å². The Hall–Kier alpha value is -2.10. The van der Waals surface area contributed by atoms with Crippen LogP contribution in [0.2, 0.25) is 0 Å². The number of amides is 1. The first-order chi connectivity index (χ1) is 14.0. The van der Waals surface area contributed by atoms with Crippen LogP contribution in [-0.4, -0.2) is 62.1 Å². The average Bonchev–Trinajstić information content (AvgIpc) is 2.70. The third kappa shape index (κ3) is 5.94. The van der Waals surface area contributed by atoms with Crippen LogP contribution in [0, 0.1) is 17.2 Å². The molecule has 0 bridgehead atoms. The maximum absolute atomic E-state index is 12.0. The van der Waals surface area contributed by atoms with Gasteiger partial charge in [0.15, 0.2) is 0 Å². The average molecular weight is 401 g/mol. The van der Waals surface area contributed by atoms with E-state index in [9.17, 15) is 10.1 Å². The largest absolute Gasteiger partial charge is 0.492 e. The zero-order chi connectivity index (χ0) is 21.3. The topological polar surface area (TPSA) is 82.6 Å². The molecule has 1 heterocycles. The number of likely N-dealkylation sites (N-methyl/N-ethyl adjacent to an activating group) is 1. The summed E-state index contributed by atoms with van der Waals surface area (Å²) in [6.07, 6.45) is 3.28. The number of nitrogens with two attached hydrogens (primary N) is 1. The fraction of sp³-hybridized carbons (Fsp3) is 0.652. The first-order valence-electron chi connectivity index (χ1n) is 10.8. The quantitative estimate of drug-likeness (QED) is 0.618. The molecule has 1 aliphatic rings. The van der Waals surface area contributed by atoms with E-state index in [1.165, 1.54) is 0 Å². The number of carbonyl (C=O) groups excluding carboxylic acids is 1. The third-order valence-electron chi connectivity index (χ3n) is 6.06. The number of nitrogens with zero attached hydrogens (tertiary/aromatic N) is 3. The lowest BCUT2D eigenvalue weighted by Crippen LogP contribution is -2.45. The highest BCUT2D eigenvalue weighted by molar-refractivity contribution is 5.81. The molecule has 1 amide bonds. The normalized spacial score (nSPS) is 16.9. The van der Waals surface area contributed by atoms with Crippen LogP contribution in [0.1, 0.15) is 45.1 Å². The summed E-state index contributed by atoms with van der Waals surface area (Å²) in [7, 11) is 2.15. The Bertz CT molecular complexity index is 669. The smallest absolute Gasteiger partial charge is 0.235 e. The second-order valence-electron chi connectivity index (χ2n) is 8.14. The molecule has 1 aliphatic heterocycles. The Morgan fingerprint density at radius 3 is 2.24 bits per heavy atom. The minimum atomic E-state index is -0.827. The molecule has 160 valence electrons. The predicted molar refractivity (Wildman–Crippen MR) is 116 cm³/mol. The lowest BCUT2D eigenvalue weighted by Gasteiger charge is -2.37. The van der Waals surface area contributed by atoms with E-state index < -0.39 is 17.2 Å². The highest BCUT2D eigenvalue weighted by atomic mass is 16.5. The molecule has 1 aromatic rings. The van der Waals surface area contributed by atoms with Gasteiger partial charge >= 0.3 is 0 Å². The Morgan fingerprint density at radius 2 is 1.76 bits per heavy atom. The van der Waals surface area contributed by atoms with Gasteiger partial charge in [0.1, 0.15) is 18.3 Å². The molecule has 29 heavy (non-hydrogen) atoms. The molecule has 6 nitrogen and oxygen atoms in total. The second-order valence-corrected chi connectivity index (χ2v) is 8.14. The van der Waals surface area contributed by atoms with Gasteiger partial charge in [0, 0.05) is 38.1 Å². The van der Waals surface area contributed by atoms with Gasteiger partial charge in [0.2, 0.25) is 5.91 Å². The van der Waals surface area contributed by atoms with E-state index in [2.05, 4.69) is 36.8 Å². The van der Waals surface area contributed by atoms with Gasteiger partial charge in [-0.3, -0.25) is 9.69 Å². The van der Waals surface area contributed by atoms with Gasteiger partial charge in [-0.1, -0.05) is 38.8 Å². The monoisotopic (exact) mass is 400 g/mol. The number of ether oxygens (including phenoxy) is 1. The molecule has 1 fully saturated rings. The Kier molecular flexibility index (Phi) is 8.94. The lowest BCUT2D eigenvalue weighted by molar-refractivity contribution is -0.122. The van der Waals surface area contributed by atoms with Crippen molar-refractivity contribution in [1.82, 2.24) is 9.80 Å². The molecule has 2 rings (SSSR count). The summed E-state index contributed by atoms with van der Waals surface area (Å²) in [5.74, 6) is -0.550. The van der Waals surface area contributed by atoms with Gasteiger partial charge in [-0.2, -0.15) is 5.26 Å². The SMILES string of the molecule is CCCC(CCC)(c1ccc(OCCN2CCN(C)CC2)cc1)C(C#N)C(N)=O. The van der Waals surface area contributed by atoms with E-state index in [0.717, 1.165) is 69.7 Å². The van der Waals surface area contributed by atoms with Gasteiger partial charge in [-0.25, -0.2) is 0 Å². The van der Waals surface area contributed by atoms with E-state index in [1.54, 1.807) is 0 Å². The number of benzene rings is 1. The van der Waals surface area contributed by atoms with Crippen molar-refractivity contribution in [2.24, 2.45) is 11.7 Å². The van der Waals surface area contributed by atoms with Crippen molar-refractivity contribution in [2.45, 2.75) is 44.9 Å². The first kappa shape index (κ1) is 23.2. The van der Waals surface area contributed by atoms with Crippen LogP contribution in [0.15, 0.2) is 24.3 Å². The lowest BCUT2D eigenvalue weighted by atomic mass is 9.65. The number of primary amides is 1.